The molecule has 1 saturated carbocycles. The number of alkyl halides is 2. The van der Waals surface area contributed by atoms with Crippen molar-refractivity contribution < 1.29 is 18.4 Å². The lowest BCUT2D eigenvalue weighted by Gasteiger charge is -2.27. The van der Waals surface area contributed by atoms with Crippen LogP contribution in [0.15, 0.2) is 41.7 Å². The molecule has 0 bridgehead atoms. The van der Waals surface area contributed by atoms with Gasteiger partial charge in [0.2, 0.25) is 11.8 Å². The minimum absolute atomic E-state index is 0.0798. The highest BCUT2D eigenvalue weighted by molar-refractivity contribution is 7.19. The molecule has 4 aromatic heterocycles. The molecule has 4 N–H and O–H groups in total. The van der Waals surface area contributed by atoms with Crippen LogP contribution in [0.3, 0.4) is 0 Å². The van der Waals surface area contributed by atoms with Crippen molar-refractivity contribution in [3.8, 4) is 0 Å². The summed E-state index contributed by atoms with van der Waals surface area (Å²) in [5.74, 6) is -2.63. The van der Waals surface area contributed by atoms with Crippen LogP contribution in [0.1, 0.15) is 83.8 Å². The van der Waals surface area contributed by atoms with Crippen LogP contribution < -0.4 is 21.9 Å². The highest BCUT2D eigenvalue weighted by Gasteiger charge is 2.37. The summed E-state index contributed by atoms with van der Waals surface area (Å²) in [7, 11) is 0. The number of carbonyl (C=O) groups excluding carboxylic acids is 2. The molecule has 1 fully saturated rings. The fourth-order valence-corrected chi connectivity index (χ4v) is 6.57. The predicted octanol–water partition coefficient (Wildman–Crippen LogP) is 4.14. The van der Waals surface area contributed by atoms with E-state index < -0.39 is 23.4 Å². The summed E-state index contributed by atoms with van der Waals surface area (Å²) in [4.78, 5) is 57.4. The van der Waals surface area contributed by atoms with Crippen LogP contribution in [0.5, 0.6) is 0 Å². The van der Waals surface area contributed by atoms with Crippen molar-refractivity contribution in [3.63, 3.8) is 0 Å². The maximum absolute atomic E-state index is 13.5. The quantitative estimate of drug-likeness (QED) is 0.301. The number of nitrogen functional groups attached to an aromatic ring is 1. The minimum atomic E-state index is -2.65. The number of aromatic nitrogens is 5. The number of anilines is 2. The summed E-state index contributed by atoms with van der Waals surface area (Å²) >= 11 is 1.50. The Hall–Kier alpha value is -4.33. The Bertz CT molecular complexity index is 1730. The third-order valence-electron chi connectivity index (χ3n) is 7.83. The van der Waals surface area contributed by atoms with E-state index in [0.717, 1.165) is 15.0 Å². The second kappa shape index (κ2) is 10.8. The first-order valence-electron chi connectivity index (χ1n) is 13.6. The van der Waals surface area contributed by atoms with E-state index in [1.54, 1.807) is 12.3 Å². The number of pyridine rings is 1. The number of amides is 2. The van der Waals surface area contributed by atoms with Gasteiger partial charge < -0.3 is 16.4 Å². The Labute approximate surface area is 242 Å². The van der Waals surface area contributed by atoms with Crippen LogP contribution in [-0.2, 0) is 11.3 Å². The number of rotatable bonds is 6. The van der Waals surface area contributed by atoms with Crippen molar-refractivity contribution in [1.82, 2.24) is 29.8 Å². The molecular formula is C28H28F2N8O3S. The molecule has 0 saturated heterocycles. The first-order valence-corrected chi connectivity index (χ1v) is 14.4. The molecule has 11 nitrogen and oxygen atoms in total. The molecule has 1 aliphatic heterocycles. The SMILES string of the molecule is C[C@@H]1C[C@@H](C(=O)NCc2cc3cnc(N)cc3s2)n2c1ncc(NC(=O)c1cnc(C3CCC(F)(F)CC3)nc1)c2=O. The molecule has 6 rings (SSSR count). The van der Waals surface area contributed by atoms with E-state index in [2.05, 4.69) is 30.6 Å². The maximum atomic E-state index is 13.5. The van der Waals surface area contributed by atoms with E-state index in [-0.39, 0.29) is 61.2 Å². The van der Waals surface area contributed by atoms with Gasteiger partial charge in [-0.05, 0) is 31.4 Å². The zero-order valence-corrected chi connectivity index (χ0v) is 23.5. The van der Waals surface area contributed by atoms with Gasteiger partial charge >= 0.3 is 0 Å². The van der Waals surface area contributed by atoms with Gasteiger partial charge in [0.05, 0.1) is 18.3 Å². The van der Waals surface area contributed by atoms with Crippen molar-refractivity contribution in [1.29, 1.82) is 0 Å². The van der Waals surface area contributed by atoms with Crippen LogP contribution in [0, 0.1) is 0 Å². The highest BCUT2D eigenvalue weighted by atomic mass is 32.1. The fourth-order valence-electron chi connectivity index (χ4n) is 5.55. The van der Waals surface area contributed by atoms with Gasteiger partial charge in [-0.1, -0.05) is 6.92 Å². The standard InChI is InChI=1S/C28H28F2N8O3S/c1-14-6-20(26(40)36-12-18-7-16-9-32-22(31)8-21(16)42-18)38-24(14)35-13-19(27(38)41)37-25(39)17-10-33-23(34-11-17)15-2-4-28(29,30)5-3-15/h7-11,13-15,20H,2-6,12H2,1H3,(H2,31,32)(H,36,40)(H,37,39)/t14-,20+/m1/s1. The second-order valence-corrected chi connectivity index (χ2v) is 12.0. The molecule has 4 aromatic rings. The lowest BCUT2D eigenvalue weighted by Crippen LogP contribution is -2.36. The first-order chi connectivity index (χ1) is 20.1. The molecular weight excluding hydrogens is 566 g/mol. The molecule has 2 amide bonds. The Morgan fingerprint density at radius 3 is 2.57 bits per heavy atom. The van der Waals surface area contributed by atoms with Gasteiger partial charge in [0, 0.05) is 58.2 Å². The third kappa shape index (κ3) is 5.45. The van der Waals surface area contributed by atoms with Gasteiger partial charge in [0.15, 0.2) is 0 Å². The summed E-state index contributed by atoms with van der Waals surface area (Å²) in [5, 5.41) is 6.40. The number of nitrogens with zero attached hydrogens (tertiary/aromatic N) is 5. The zero-order chi connectivity index (χ0) is 29.6. The molecule has 0 radical (unpaired) electrons. The van der Waals surface area contributed by atoms with E-state index in [9.17, 15) is 23.2 Å². The molecule has 2 aliphatic rings. The van der Waals surface area contributed by atoms with Crippen LogP contribution >= 0.6 is 11.3 Å². The van der Waals surface area contributed by atoms with E-state index in [1.165, 1.54) is 34.5 Å². The number of thiophene rings is 1. The number of hydrogen-bond donors (Lipinski definition) is 3. The molecule has 0 spiro atoms. The number of fused-ring (bicyclic) bond motifs is 2. The molecule has 2 atom stereocenters. The largest absolute Gasteiger partial charge is 0.384 e. The monoisotopic (exact) mass is 594 g/mol. The van der Waals surface area contributed by atoms with E-state index >= 15 is 0 Å². The molecule has 218 valence electrons. The Morgan fingerprint density at radius 2 is 1.83 bits per heavy atom. The van der Waals surface area contributed by atoms with Gasteiger partial charge in [-0.2, -0.15) is 0 Å². The van der Waals surface area contributed by atoms with Gasteiger partial charge in [0.1, 0.15) is 29.2 Å². The number of hydrogen-bond acceptors (Lipinski definition) is 9. The van der Waals surface area contributed by atoms with Crippen molar-refractivity contribution in [2.24, 2.45) is 0 Å². The van der Waals surface area contributed by atoms with Gasteiger partial charge in [-0.3, -0.25) is 19.0 Å². The molecule has 14 heteroatoms. The zero-order valence-electron chi connectivity index (χ0n) is 22.6. The minimum Gasteiger partial charge on any atom is -0.384 e. The summed E-state index contributed by atoms with van der Waals surface area (Å²) in [6.45, 7) is 2.16. The summed E-state index contributed by atoms with van der Waals surface area (Å²) in [6.07, 6.45) is 6.13. The lowest BCUT2D eigenvalue weighted by atomic mass is 9.86. The average molecular weight is 595 g/mol. The van der Waals surface area contributed by atoms with E-state index in [1.807, 2.05) is 13.0 Å². The van der Waals surface area contributed by atoms with Crippen molar-refractivity contribution in [2.45, 2.75) is 69.4 Å². The van der Waals surface area contributed by atoms with E-state index in [4.69, 9.17) is 5.73 Å². The van der Waals surface area contributed by atoms with Crippen LogP contribution in [0.4, 0.5) is 20.3 Å². The summed E-state index contributed by atoms with van der Waals surface area (Å²) in [5.41, 5.74) is 5.25. The summed E-state index contributed by atoms with van der Waals surface area (Å²) < 4.78 is 29.3. The second-order valence-electron chi connectivity index (χ2n) is 10.8. The van der Waals surface area contributed by atoms with E-state index in [0.29, 0.717) is 23.9 Å². The van der Waals surface area contributed by atoms with Crippen molar-refractivity contribution in [3.05, 3.63) is 69.4 Å². The first kappa shape index (κ1) is 27.8. The van der Waals surface area contributed by atoms with Crippen LogP contribution in [0.25, 0.3) is 10.1 Å². The van der Waals surface area contributed by atoms with Gasteiger partial charge in [-0.25, -0.2) is 28.7 Å². The number of nitrogens with one attached hydrogen (secondary N) is 2. The fraction of sp³-hybridized carbons (Fsp3) is 0.393. The molecule has 0 unspecified atom stereocenters. The Kier molecular flexibility index (Phi) is 7.17. The summed E-state index contributed by atoms with van der Waals surface area (Å²) in [6, 6.07) is 2.93. The number of carbonyl (C=O) groups is 2. The van der Waals surface area contributed by atoms with Gasteiger partial charge in [0.25, 0.3) is 11.5 Å². The van der Waals surface area contributed by atoms with Crippen LogP contribution in [-0.4, -0.2) is 42.2 Å². The third-order valence-corrected chi connectivity index (χ3v) is 8.93. The topological polar surface area (TPSA) is 158 Å². The number of halogens is 2. The molecule has 0 aromatic carbocycles. The molecule has 42 heavy (non-hydrogen) atoms. The lowest BCUT2D eigenvalue weighted by molar-refractivity contribution is -0.124. The highest BCUT2D eigenvalue weighted by Crippen LogP contribution is 2.39. The average Bonchev–Trinajstić information content (AvgIpc) is 3.53. The Morgan fingerprint density at radius 1 is 1.10 bits per heavy atom. The molecule has 5 heterocycles. The smallest absolute Gasteiger partial charge is 0.278 e. The van der Waals surface area contributed by atoms with Crippen molar-refractivity contribution in [2.75, 3.05) is 11.1 Å². The normalized spacial score (nSPS) is 19.9. The molecule has 1 aliphatic carbocycles. The number of nitrogens with two attached hydrogens (primary N) is 1. The Balaban J connectivity index is 1.14. The van der Waals surface area contributed by atoms with Crippen molar-refractivity contribution >= 4 is 44.7 Å². The van der Waals surface area contributed by atoms with Crippen LogP contribution in [0.2, 0.25) is 0 Å². The van der Waals surface area contributed by atoms with Gasteiger partial charge in [-0.15, -0.1) is 11.3 Å². The maximum Gasteiger partial charge on any atom is 0.278 e. The predicted molar refractivity (Wildman–Crippen MR) is 153 cm³/mol.